The van der Waals surface area contributed by atoms with Crippen LogP contribution in [0.4, 0.5) is 11.4 Å². The van der Waals surface area contributed by atoms with Gasteiger partial charge in [-0.1, -0.05) is 72.8 Å². The van der Waals surface area contributed by atoms with E-state index in [1.165, 1.54) is 22.2 Å². The first-order chi connectivity index (χ1) is 16.3. The molecule has 1 heterocycles. The van der Waals surface area contributed by atoms with Crippen molar-refractivity contribution in [3.05, 3.63) is 114 Å². The van der Waals surface area contributed by atoms with Crippen molar-refractivity contribution in [3.63, 3.8) is 0 Å². The summed E-state index contributed by atoms with van der Waals surface area (Å²) < 4.78 is 5.60. The van der Waals surface area contributed by atoms with Gasteiger partial charge >= 0.3 is 0 Å². The van der Waals surface area contributed by atoms with Crippen molar-refractivity contribution in [1.82, 2.24) is 0 Å². The first kappa shape index (κ1) is 19.8. The van der Waals surface area contributed by atoms with Crippen molar-refractivity contribution in [2.45, 2.75) is 18.4 Å². The highest BCUT2D eigenvalue weighted by atomic mass is 16.5. The molecule has 0 fully saturated rings. The van der Waals surface area contributed by atoms with Crippen LogP contribution in [-0.2, 0) is 0 Å². The number of hydrogen-bond donors (Lipinski definition) is 1. The van der Waals surface area contributed by atoms with Crippen LogP contribution in [-0.4, -0.2) is 13.3 Å². The van der Waals surface area contributed by atoms with Gasteiger partial charge in [0.15, 0.2) is 0 Å². The van der Waals surface area contributed by atoms with Crippen molar-refractivity contribution in [1.29, 1.82) is 0 Å². The van der Waals surface area contributed by atoms with E-state index in [0.717, 1.165) is 28.8 Å². The number of allylic oxidation sites excluding steroid dienone is 2. The topological polar surface area (TPSA) is 33.6 Å². The average Bonchev–Trinajstić information content (AvgIpc) is 3.37. The first-order valence-corrected chi connectivity index (χ1v) is 11.5. The molecule has 2 aliphatic rings. The van der Waals surface area contributed by atoms with Crippen LogP contribution in [0.2, 0.25) is 0 Å². The van der Waals surface area contributed by atoms with Crippen LogP contribution in [0.25, 0.3) is 10.8 Å². The molecule has 0 saturated carbocycles. The Balaban J connectivity index is 1.29. The quantitative estimate of drug-likeness (QED) is 0.270. The molecule has 1 aliphatic heterocycles. The zero-order valence-corrected chi connectivity index (χ0v) is 18.6. The lowest BCUT2D eigenvalue weighted by Crippen LogP contribution is -2.28. The highest BCUT2D eigenvalue weighted by Crippen LogP contribution is 2.49. The fourth-order valence-electron chi connectivity index (χ4n) is 5.37. The highest BCUT2D eigenvalue weighted by Gasteiger charge is 2.37. The minimum atomic E-state index is 0.302. The minimum absolute atomic E-state index is 0.302. The smallest absolute Gasteiger partial charge is 0.128 e. The van der Waals surface area contributed by atoms with Crippen molar-refractivity contribution in [2.75, 3.05) is 12.4 Å². The maximum atomic E-state index is 5.60. The fraction of sp³-hybridized carbons (Fsp3) is 0.167. The molecule has 0 saturated heterocycles. The lowest BCUT2D eigenvalue weighted by Gasteiger charge is -2.37. The van der Waals surface area contributed by atoms with Crippen molar-refractivity contribution < 1.29 is 4.74 Å². The fourth-order valence-corrected chi connectivity index (χ4v) is 5.37. The maximum Gasteiger partial charge on any atom is 0.128 e. The number of rotatable bonds is 4. The molecule has 0 aromatic heterocycles. The normalized spacial score (nSPS) is 21.1. The molecule has 4 aromatic rings. The molecule has 0 bridgehead atoms. The third-order valence-corrected chi connectivity index (χ3v) is 7.02. The number of benzene rings is 4. The molecule has 0 radical (unpaired) electrons. The Hall–Kier alpha value is -3.85. The molecule has 1 N–H and O–H groups in total. The number of aliphatic imine (C=N–C) groups is 1. The molecule has 3 heteroatoms. The summed E-state index contributed by atoms with van der Waals surface area (Å²) >= 11 is 0. The Kier molecular flexibility index (Phi) is 4.95. The molecule has 0 amide bonds. The van der Waals surface area contributed by atoms with E-state index in [0.29, 0.717) is 17.9 Å². The lowest BCUT2D eigenvalue weighted by molar-refractivity contribution is 0.415. The van der Waals surface area contributed by atoms with E-state index in [2.05, 4.69) is 90.3 Å². The molecule has 4 aromatic carbocycles. The van der Waals surface area contributed by atoms with E-state index >= 15 is 0 Å². The van der Waals surface area contributed by atoms with Gasteiger partial charge in [0.05, 0.1) is 18.8 Å². The van der Waals surface area contributed by atoms with Crippen LogP contribution < -0.4 is 10.1 Å². The summed E-state index contributed by atoms with van der Waals surface area (Å²) in [6.07, 6.45) is 7.75. The largest absolute Gasteiger partial charge is 0.496 e. The molecule has 33 heavy (non-hydrogen) atoms. The third kappa shape index (κ3) is 3.50. The summed E-state index contributed by atoms with van der Waals surface area (Å²) in [4.78, 5) is 4.79. The Bertz CT molecular complexity index is 1370. The summed E-state index contributed by atoms with van der Waals surface area (Å²) in [5.74, 6) is 1.87. The average molecular weight is 431 g/mol. The van der Waals surface area contributed by atoms with E-state index in [1.807, 2.05) is 18.3 Å². The van der Waals surface area contributed by atoms with Gasteiger partial charge in [0.25, 0.3) is 0 Å². The third-order valence-electron chi connectivity index (χ3n) is 7.02. The van der Waals surface area contributed by atoms with Crippen LogP contribution >= 0.6 is 0 Å². The van der Waals surface area contributed by atoms with Crippen LogP contribution in [0.5, 0.6) is 5.75 Å². The molecule has 3 nitrogen and oxygen atoms in total. The van der Waals surface area contributed by atoms with Gasteiger partial charge in [-0.15, -0.1) is 0 Å². The summed E-state index contributed by atoms with van der Waals surface area (Å²) in [6, 6.07) is 30.1. The lowest BCUT2D eigenvalue weighted by atomic mass is 9.77. The van der Waals surface area contributed by atoms with Gasteiger partial charge in [-0.3, -0.25) is 4.99 Å². The molecule has 1 aliphatic carbocycles. The Morgan fingerprint density at radius 2 is 1.73 bits per heavy atom. The Morgan fingerprint density at radius 1 is 0.909 bits per heavy atom. The van der Waals surface area contributed by atoms with Crippen LogP contribution in [0.1, 0.15) is 35.1 Å². The monoisotopic (exact) mass is 430 g/mol. The van der Waals surface area contributed by atoms with Gasteiger partial charge in [-0.25, -0.2) is 0 Å². The maximum absolute atomic E-state index is 5.60. The predicted octanol–water partition coefficient (Wildman–Crippen LogP) is 7.43. The number of methoxy groups -OCH3 is 1. The van der Waals surface area contributed by atoms with Gasteiger partial charge < -0.3 is 10.1 Å². The van der Waals surface area contributed by atoms with Gasteiger partial charge in [0.1, 0.15) is 5.75 Å². The molecule has 0 spiro atoms. The van der Waals surface area contributed by atoms with Gasteiger partial charge in [0.2, 0.25) is 0 Å². The summed E-state index contributed by atoms with van der Waals surface area (Å²) in [5, 5.41) is 6.12. The number of fused-ring (bicyclic) bond motifs is 4. The van der Waals surface area contributed by atoms with E-state index in [4.69, 9.17) is 9.73 Å². The van der Waals surface area contributed by atoms with Crippen molar-refractivity contribution in [2.24, 2.45) is 10.9 Å². The molecule has 162 valence electrons. The minimum Gasteiger partial charge on any atom is -0.496 e. The van der Waals surface area contributed by atoms with E-state index in [1.54, 1.807) is 7.11 Å². The van der Waals surface area contributed by atoms with Crippen molar-refractivity contribution in [3.8, 4) is 5.75 Å². The predicted molar refractivity (Wildman–Crippen MR) is 137 cm³/mol. The standard InChI is InChI=1S/C30H26N2O/c1-33-29-18-15-20-7-2-3-8-23(20)27(29)19-31-22-16-13-21(14-17-22)30-26-11-6-10-24(26)25-9-4-5-12-28(25)32-30/h2-10,12-19,24,26,30,32H,11H2,1H3/t24-,26+,30+/m1/s1. The van der Waals surface area contributed by atoms with Gasteiger partial charge in [-0.2, -0.15) is 0 Å². The first-order valence-electron chi connectivity index (χ1n) is 11.5. The number of para-hydroxylation sites is 1. The zero-order valence-electron chi connectivity index (χ0n) is 18.6. The van der Waals surface area contributed by atoms with E-state index in [9.17, 15) is 0 Å². The number of nitrogens with zero attached hydrogens (tertiary/aromatic N) is 1. The van der Waals surface area contributed by atoms with Crippen molar-refractivity contribution >= 4 is 28.4 Å². The van der Waals surface area contributed by atoms with Crippen LogP contribution in [0, 0.1) is 5.92 Å². The Labute approximate surface area is 194 Å². The second-order valence-electron chi connectivity index (χ2n) is 8.82. The van der Waals surface area contributed by atoms with E-state index < -0.39 is 0 Å². The number of ether oxygens (including phenoxy) is 1. The number of nitrogens with one attached hydrogen (secondary N) is 1. The molecule has 6 rings (SSSR count). The van der Waals surface area contributed by atoms with Crippen LogP contribution in [0.3, 0.4) is 0 Å². The summed E-state index contributed by atoms with van der Waals surface area (Å²) in [6.45, 7) is 0. The van der Waals surface area contributed by atoms with E-state index in [-0.39, 0.29) is 0 Å². The summed E-state index contributed by atoms with van der Waals surface area (Å²) in [7, 11) is 1.71. The Morgan fingerprint density at radius 3 is 2.61 bits per heavy atom. The SMILES string of the molecule is COc1ccc2ccccc2c1C=Nc1ccc([C@@H]2Nc3ccccc3[C@H]3C=CC[C@@H]32)cc1. The molecular weight excluding hydrogens is 404 g/mol. The number of anilines is 1. The highest BCUT2D eigenvalue weighted by molar-refractivity contribution is 6.03. The second kappa shape index (κ2) is 8.25. The van der Waals surface area contributed by atoms with Crippen LogP contribution in [0.15, 0.2) is 102 Å². The van der Waals surface area contributed by atoms with Gasteiger partial charge in [0, 0.05) is 23.4 Å². The summed E-state index contributed by atoms with van der Waals surface area (Å²) in [5.41, 5.74) is 5.92. The molecule has 3 atom stereocenters. The molecular formula is C30H26N2O. The molecule has 0 unspecified atom stereocenters. The zero-order chi connectivity index (χ0) is 22.2. The number of hydrogen-bond acceptors (Lipinski definition) is 3. The second-order valence-corrected chi connectivity index (χ2v) is 8.82. The van der Waals surface area contributed by atoms with Gasteiger partial charge in [-0.05, 0) is 58.5 Å².